The average molecular weight is 192 g/mol. The first-order chi connectivity index (χ1) is 6.84. The lowest BCUT2D eigenvalue weighted by molar-refractivity contribution is 0.0255. The predicted molar refractivity (Wildman–Crippen MR) is 55.6 cm³/mol. The second kappa shape index (κ2) is 4.47. The highest BCUT2D eigenvalue weighted by Gasteiger charge is 2.14. The fourth-order valence-corrected chi connectivity index (χ4v) is 1.60. The van der Waals surface area contributed by atoms with Crippen LogP contribution in [-0.2, 0) is 4.74 Å². The summed E-state index contributed by atoms with van der Waals surface area (Å²) in [5.41, 5.74) is 1.27. The molecule has 1 aliphatic heterocycles. The van der Waals surface area contributed by atoms with Gasteiger partial charge in [-0.1, -0.05) is 17.7 Å². The largest absolute Gasteiger partial charge is 0.490 e. The summed E-state index contributed by atoms with van der Waals surface area (Å²) < 4.78 is 11.1. The van der Waals surface area contributed by atoms with Crippen molar-refractivity contribution in [1.29, 1.82) is 0 Å². The quantitative estimate of drug-likeness (QED) is 0.717. The third-order valence-electron chi connectivity index (χ3n) is 2.49. The van der Waals surface area contributed by atoms with Gasteiger partial charge in [-0.25, -0.2) is 0 Å². The van der Waals surface area contributed by atoms with Gasteiger partial charge in [0.05, 0.1) is 13.2 Å². The minimum Gasteiger partial charge on any atom is -0.490 e. The molecule has 2 nitrogen and oxygen atoms in total. The van der Waals surface area contributed by atoms with Crippen LogP contribution in [0.2, 0.25) is 0 Å². The number of benzene rings is 1. The molecule has 2 rings (SSSR count). The zero-order valence-corrected chi connectivity index (χ0v) is 8.53. The molecule has 2 heteroatoms. The lowest BCUT2D eigenvalue weighted by Gasteiger charge is -2.23. The second-order valence-electron chi connectivity index (χ2n) is 3.74. The van der Waals surface area contributed by atoms with Crippen LogP contribution < -0.4 is 4.74 Å². The summed E-state index contributed by atoms with van der Waals surface area (Å²) in [6, 6.07) is 8.22. The van der Waals surface area contributed by atoms with E-state index in [0.717, 1.165) is 31.8 Å². The summed E-state index contributed by atoms with van der Waals surface area (Å²) >= 11 is 0. The molecule has 1 aliphatic rings. The van der Waals surface area contributed by atoms with Gasteiger partial charge >= 0.3 is 0 Å². The maximum absolute atomic E-state index is 5.83. The number of hydrogen-bond acceptors (Lipinski definition) is 2. The zero-order chi connectivity index (χ0) is 9.80. The predicted octanol–water partition coefficient (Wildman–Crippen LogP) is 2.55. The molecule has 0 saturated carbocycles. The Bertz CT molecular complexity index is 273. The summed E-state index contributed by atoms with van der Waals surface area (Å²) in [6.07, 6.45) is 2.35. The Balaban J connectivity index is 1.92. The normalized spacial score (nSPS) is 18.1. The molecule has 76 valence electrons. The Morgan fingerprint density at radius 1 is 1.14 bits per heavy atom. The summed E-state index contributed by atoms with van der Waals surface area (Å²) in [5, 5.41) is 0. The van der Waals surface area contributed by atoms with Crippen LogP contribution in [0.4, 0.5) is 0 Å². The lowest BCUT2D eigenvalue weighted by Crippen LogP contribution is -2.25. The number of hydrogen-bond donors (Lipinski definition) is 0. The van der Waals surface area contributed by atoms with Gasteiger partial charge in [0.1, 0.15) is 11.9 Å². The van der Waals surface area contributed by atoms with Crippen LogP contribution in [0.1, 0.15) is 18.4 Å². The highest BCUT2D eigenvalue weighted by atomic mass is 16.5. The molecule has 0 aromatic heterocycles. The van der Waals surface area contributed by atoms with Gasteiger partial charge in [-0.3, -0.25) is 0 Å². The minimum absolute atomic E-state index is 0.339. The molecule has 0 bridgehead atoms. The first kappa shape index (κ1) is 9.53. The topological polar surface area (TPSA) is 18.5 Å². The molecule has 0 atom stereocenters. The molecule has 0 amide bonds. The van der Waals surface area contributed by atoms with E-state index in [2.05, 4.69) is 19.1 Å². The van der Waals surface area contributed by atoms with Crippen LogP contribution in [0.15, 0.2) is 24.3 Å². The Hall–Kier alpha value is -1.02. The van der Waals surface area contributed by atoms with Crippen LogP contribution in [0.5, 0.6) is 5.75 Å². The van der Waals surface area contributed by atoms with Gasteiger partial charge in [-0.05, 0) is 19.1 Å². The Labute approximate surface area is 84.8 Å². The van der Waals surface area contributed by atoms with E-state index in [9.17, 15) is 0 Å². The molecule has 0 spiro atoms. The first-order valence-electron chi connectivity index (χ1n) is 5.16. The third-order valence-corrected chi connectivity index (χ3v) is 2.49. The minimum atomic E-state index is 0.339. The second-order valence-corrected chi connectivity index (χ2v) is 3.74. The van der Waals surface area contributed by atoms with E-state index in [1.54, 1.807) is 0 Å². The van der Waals surface area contributed by atoms with Crippen molar-refractivity contribution in [3.63, 3.8) is 0 Å². The van der Waals surface area contributed by atoms with Crippen molar-refractivity contribution in [3.8, 4) is 5.75 Å². The van der Waals surface area contributed by atoms with Crippen LogP contribution in [0.25, 0.3) is 0 Å². The Morgan fingerprint density at radius 2 is 1.79 bits per heavy atom. The first-order valence-corrected chi connectivity index (χ1v) is 5.16. The van der Waals surface area contributed by atoms with Crippen molar-refractivity contribution in [2.75, 3.05) is 13.2 Å². The van der Waals surface area contributed by atoms with Crippen LogP contribution in [-0.4, -0.2) is 19.3 Å². The average Bonchev–Trinajstić information content (AvgIpc) is 2.23. The summed E-state index contributed by atoms with van der Waals surface area (Å²) in [6.45, 7) is 3.74. The molecule has 0 unspecified atom stereocenters. The van der Waals surface area contributed by atoms with Gasteiger partial charge in [0.2, 0.25) is 0 Å². The standard InChI is InChI=1S/C12H16O2/c1-10-2-4-11(5-3-10)14-12-6-8-13-9-7-12/h2-5,12H,6-9H2,1H3. The highest BCUT2D eigenvalue weighted by Crippen LogP contribution is 2.18. The third kappa shape index (κ3) is 2.48. The lowest BCUT2D eigenvalue weighted by atomic mass is 10.1. The Morgan fingerprint density at radius 3 is 2.43 bits per heavy atom. The summed E-state index contributed by atoms with van der Waals surface area (Å²) in [7, 11) is 0. The zero-order valence-electron chi connectivity index (χ0n) is 8.53. The molecule has 14 heavy (non-hydrogen) atoms. The molecule has 1 heterocycles. The van der Waals surface area contributed by atoms with Gasteiger partial charge in [0.25, 0.3) is 0 Å². The van der Waals surface area contributed by atoms with Crippen molar-refractivity contribution in [3.05, 3.63) is 29.8 Å². The summed E-state index contributed by atoms with van der Waals surface area (Å²) in [5.74, 6) is 0.975. The SMILES string of the molecule is Cc1ccc(OC2CCOCC2)cc1. The highest BCUT2D eigenvalue weighted by molar-refractivity contribution is 5.26. The molecule has 1 aromatic carbocycles. The van der Waals surface area contributed by atoms with E-state index in [1.807, 2.05) is 12.1 Å². The fraction of sp³-hybridized carbons (Fsp3) is 0.500. The molecule has 0 radical (unpaired) electrons. The molecule has 0 aliphatic carbocycles. The smallest absolute Gasteiger partial charge is 0.119 e. The number of rotatable bonds is 2. The van der Waals surface area contributed by atoms with E-state index < -0.39 is 0 Å². The van der Waals surface area contributed by atoms with E-state index in [0.29, 0.717) is 6.10 Å². The van der Waals surface area contributed by atoms with Crippen molar-refractivity contribution in [2.45, 2.75) is 25.9 Å². The van der Waals surface area contributed by atoms with Crippen LogP contribution >= 0.6 is 0 Å². The monoisotopic (exact) mass is 192 g/mol. The van der Waals surface area contributed by atoms with Gasteiger partial charge in [-0.15, -0.1) is 0 Å². The van der Waals surface area contributed by atoms with Gasteiger partial charge in [-0.2, -0.15) is 0 Å². The van der Waals surface area contributed by atoms with Crippen molar-refractivity contribution >= 4 is 0 Å². The molecular weight excluding hydrogens is 176 g/mol. The van der Waals surface area contributed by atoms with E-state index in [-0.39, 0.29) is 0 Å². The van der Waals surface area contributed by atoms with Gasteiger partial charge in [0, 0.05) is 12.8 Å². The van der Waals surface area contributed by atoms with Crippen LogP contribution in [0, 0.1) is 6.92 Å². The molecule has 1 aromatic rings. The maximum Gasteiger partial charge on any atom is 0.119 e. The Kier molecular flexibility index (Phi) is 3.04. The number of ether oxygens (including phenoxy) is 2. The van der Waals surface area contributed by atoms with Gasteiger partial charge < -0.3 is 9.47 Å². The van der Waals surface area contributed by atoms with E-state index >= 15 is 0 Å². The maximum atomic E-state index is 5.83. The fourth-order valence-electron chi connectivity index (χ4n) is 1.60. The molecule has 1 saturated heterocycles. The van der Waals surface area contributed by atoms with Crippen molar-refractivity contribution in [1.82, 2.24) is 0 Å². The summed E-state index contributed by atoms with van der Waals surface area (Å²) in [4.78, 5) is 0. The molecular formula is C12H16O2. The van der Waals surface area contributed by atoms with Crippen molar-refractivity contribution < 1.29 is 9.47 Å². The van der Waals surface area contributed by atoms with Gasteiger partial charge in [0.15, 0.2) is 0 Å². The molecule has 1 fully saturated rings. The van der Waals surface area contributed by atoms with Crippen LogP contribution in [0.3, 0.4) is 0 Å². The van der Waals surface area contributed by atoms with Crippen molar-refractivity contribution in [2.24, 2.45) is 0 Å². The van der Waals surface area contributed by atoms with E-state index in [4.69, 9.17) is 9.47 Å². The molecule has 0 N–H and O–H groups in total. The number of aryl methyl sites for hydroxylation is 1. The van der Waals surface area contributed by atoms with E-state index in [1.165, 1.54) is 5.56 Å².